The van der Waals surface area contributed by atoms with Crippen LogP contribution in [0.1, 0.15) is 96.0 Å². The van der Waals surface area contributed by atoms with Gasteiger partial charge in [0, 0.05) is 57.1 Å². The Bertz CT molecular complexity index is 1940. The molecule has 8 bridgehead atoms. The van der Waals surface area contributed by atoms with Gasteiger partial charge >= 0.3 is 17.9 Å². The fourth-order valence-corrected chi connectivity index (χ4v) is 6.53. The topological polar surface area (TPSA) is 169 Å². The van der Waals surface area contributed by atoms with Gasteiger partial charge in [-0.1, -0.05) is 26.5 Å². The zero-order chi connectivity index (χ0) is 32.0. The maximum Gasteiger partial charge on any atom is 0.338 e. The number of aryl methyl sites for hydroxylation is 3. The van der Waals surface area contributed by atoms with Gasteiger partial charge in [0.1, 0.15) is 0 Å². The van der Waals surface area contributed by atoms with Crippen LogP contribution in [0.2, 0.25) is 0 Å². The van der Waals surface area contributed by atoms with Gasteiger partial charge in [0.15, 0.2) is 0 Å². The quantitative estimate of drug-likeness (QED) is 0.195. The van der Waals surface area contributed by atoms with Gasteiger partial charge in [-0.05, 0) is 74.1 Å². The van der Waals surface area contributed by atoms with E-state index in [0.29, 0.717) is 29.1 Å². The molecule has 0 aliphatic carbocycles. The minimum atomic E-state index is -1.23. The Labute approximate surface area is 254 Å². The zero-order valence-corrected chi connectivity index (χ0v) is 25.5. The molecule has 228 valence electrons. The van der Waals surface area contributed by atoms with E-state index in [9.17, 15) is 29.7 Å². The van der Waals surface area contributed by atoms with Crippen LogP contribution in [0.25, 0.3) is 39.3 Å². The summed E-state index contributed by atoms with van der Waals surface area (Å²) in [5.74, 6) is -4.13. The molecule has 0 fully saturated rings. The van der Waals surface area contributed by atoms with Gasteiger partial charge in [-0.2, -0.15) is 0 Å². The normalized spacial score (nSPS) is 16.3. The molecule has 10 nitrogen and oxygen atoms in total. The third kappa shape index (κ3) is 5.21. The molecule has 5 N–H and O–H groups in total. The van der Waals surface area contributed by atoms with E-state index in [4.69, 9.17) is 9.97 Å². The molecule has 2 aliphatic heterocycles. The minimum Gasteiger partial charge on any atom is -0.481 e. The molecular formula is C34H36N4O6. The van der Waals surface area contributed by atoms with Crippen LogP contribution >= 0.6 is 0 Å². The van der Waals surface area contributed by atoms with Crippen LogP contribution in [-0.2, 0) is 27.2 Å². The number of hydrogen-bond acceptors (Lipinski definition) is 5. The average molecular weight is 597 g/mol. The molecule has 0 aromatic carbocycles. The van der Waals surface area contributed by atoms with Crippen molar-refractivity contribution >= 4 is 57.2 Å². The van der Waals surface area contributed by atoms with E-state index >= 15 is 0 Å². The second-order valence-corrected chi connectivity index (χ2v) is 11.5. The first-order valence-electron chi connectivity index (χ1n) is 14.6. The highest BCUT2D eigenvalue weighted by Crippen LogP contribution is 2.43. The predicted octanol–water partition coefficient (Wildman–Crippen LogP) is 6.53. The van der Waals surface area contributed by atoms with Gasteiger partial charge in [0.05, 0.1) is 29.1 Å². The summed E-state index contributed by atoms with van der Waals surface area (Å²) in [6.45, 7) is 13.7. The number of aromatic nitrogens is 4. The van der Waals surface area contributed by atoms with E-state index in [1.54, 1.807) is 13.0 Å². The van der Waals surface area contributed by atoms with Crippen LogP contribution in [-0.4, -0.2) is 53.2 Å². The number of H-pyrrole nitrogens is 2. The van der Waals surface area contributed by atoms with Gasteiger partial charge < -0.3 is 25.3 Å². The molecular weight excluding hydrogens is 560 g/mol. The fourth-order valence-electron chi connectivity index (χ4n) is 6.53. The van der Waals surface area contributed by atoms with Gasteiger partial charge in [0.25, 0.3) is 0 Å². The van der Waals surface area contributed by atoms with Crippen molar-refractivity contribution in [1.82, 2.24) is 19.9 Å². The molecule has 10 heteroatoms. The van der Waals surface area contributed by atoms with Crippen LogP contribution in [0.3, 0.4) is 0 Å². The number of allylic oxidation sites excluding steroid dienone is 1. The summed E-state index contributed by atoms with van der Waals surface area (Å²) in [5.41, 5.74) is 9.23. The van der Waals surface area contributed by atoms with E-state index in [-0.39, 0.29) is 35.6 Å². The second kappa shape index (κ2) is 11.6. The fraction of sp³-hybridized carbons (Fsp3) is 0.324. The SMILES string of the molecule is C=Cc1c(C)c2cc3nc(c(CC(=O)O)c4nc(cc5[nH]c(cc1[nH]2)c(C)c5CC)C(C)=C4C(=O)O)C(CCC(=O)O)[C@@H]3C. The first-order valence-corrected chi connectivity index (χ1v) is 14.6. The lowest BCUT2D eigenvalue weighted by atomic mass is 9.84. The highest BCUT2D eigenvalue weighted by Gasteiger charge is 2.35. The molecule has 44 heavy (non-hydrogen) atoms. The Hall–Kier alpha value is -4.99. The van der Waals surface area contributed by atoms with Crippen molar-refractivity contribution in [1.29, 1.82) is 0 Å². The molecule has 2 atom stereocenters. The van der Waals surface area contributed by atoms with Crippen LogP contribution in [0.4, 0.5) is 0 Å². The Kier molecular flexibility index (Phi) is 8.03. The van der Waals surface area contributed by atoms with Crippen LogP contribution < -0.4 is 0 Å². The maximum absolute atomic E-state index is 12.7. The van der Waals surface area contributed by atoms with Gasteiger partial charge in [-0.25, -0.2) is 9.78 Å². The van der Waals surface area contributed by atoms with Crippen molar-refractivity contribution in [2.24, 2.45) is 0 Å². The largest absolute Gasteiger partial charge is 0.481 e. The van der Waals surface area contributed by atoms with Gasteiger partial charge in [-0.15, -0.1) is 0 Å². The lowest BCUT2D eigenvalue weighted by molar-refractivity contribution is -0.138. The minimum absolute atomic E-state index is 0.0451. The third-order valence-corrected chi connectivity index (χ3v) is 8.94. The summed E-state index contributed by atoms with van der Waals surface area (Å²) in [7, 11) is 0. The highest BCUT2D eigenvalue weighted by atomic mass is 16.4. The number of aromatic amines is 2. The van der Waals surface area contributed by atoms with Crippen LogP contribution in [0.15, 0.2) is 24.8 Å². The van der Waals surface area contributed by atoms with E-state index in [0.717, 1.165) is 44.3 Å². The van der Waals surface area contributed by atoms with Crippen molar-refractivity contribution < 1.29 is 29.7 Å². The number of rotatable bonds is 8. The Morgan fingerprint density at radius 1 is 0.909 bits per heavy atom. The molecule has 5 rings (SSSR count). The standard InChI is InChI=1S/C34H36N4O6/c1-7-19-15(3)23-12-25-17(5)21(9-10-29(39)40)32(37-25)22(11-30(41)42)33-31(34(43)44)18(6)26(38-33)14-28-20(8-2)16(4)24(36-28)13-27(19)35-23/h7,12-14,17,21,35-36H,1,8-11H2,2-6H3,(H,39,40)(H,41,42)(H,43,44)/t17-,21?/m0/s1. The molecule has 0 saturated carbocycles. The summed E-state index contributed by atoms with van der Waals surface area (Å²) >= 11 is 0. The molecule has 5 heterocycles. The first-order chi connectivity index (χ1) is 20.9. The van der Waals surface area contributed by atoms with E-state index in [1.165, 1.54) is 0 Å². The van der Waals surface area contributed by atoms with E-state index in [2.05, 4.69) is 16.5 Å². The third-order valence-electron chi connectivity index (χ3n) is 8.94. The predicted molar refractivity (Wildman–Crippen MR) is 169 cm³/mol. The molecule has 0 radical (unpaired) electrons. The number of hydrogen-bond donors (Lipinski definition) is 5. The smallest absolute Gasteiger partial charge is 0.338 e. The van der Waals surface area contributed by atoms with E-state index < -0.39 is 30.2 Å². The number of fused-ring (bicyclic) bond motifs is 8. The summed E-state index contributed by atoms with van der Waals surface area (Å²) < 4.78 is 0. The number of nitrogens with zero attached hydrogens (tertiary/aromatic N) is 2. The zero-order valence-electron chi connectivity index (χ0n) is 25.5. The van der Waals surface area contributed by atoms with Gasteiger partial charge in [0.2, 0.25) is 0 Å². The number of carboxylic acid groups (broad SMARTS) is 3. The monoisotopic (exact) mass is 596 g/mol. The van der Waals surface area contributed by atoms with Crippen molar-refractivity contribution in [3.63, 3.8) is 0 Å². The Balaban J connectivity index is 2.04. The number of aliphatic carboxylic acids is 3. The lowest BCUT2D eigenvalue weighted by Crippen LogP contribution is -2.13. The summed E-state index contributed by atoms with van der Waals surface area (Å²) in [4.78, 5) is 53.2. The molecule has 1 unspecified atom stereocenters. The summed E-state index contributed by atoms with van der Waals surface area (Å²) in [6.07, 6.45) is 2.03. The molecule has 3 aromatic heterocycles. The van der Waals surface area contributed by atoms with Crippen molar-refractivity contribution in [2.75, 3.05) is 0 Å². The average Bonchev–Trinajstić information content (AvgIpc) is 3.63. The summed E-state index contributed by atoms with van der Waals surface area (Å²) in [6, 6.07) is 5.75. The van der Waals surface area contributed by atoms with Crippen molar-refractivity contribution in [3.05, 3.63) is 75.4 Å². The number of carbonyl (C=O) groups is 3. The Morgan fingerprint density at radius 2 is 1.59 bits per heavy atom. The first kappa shape index (κ1) is 30.5. The number of nitrogens with one attached hydrogen (secondary N) is 2. The summed E-state index contributed by atoms with van der Waals surface area (Å²) in [5, 5.41) is 29.9. The maximum atomic E-state index is 12.7. The highest BCUT2D eigenvalue weighted by molar-refractivity contribution is 6.24. The van der Waals surface area contributed by atoms with Crippen LogP contribution in [0, 0.1) is 13.8 Å². The van der Waals surface area contributed by atoms with Gasteiger partial charge in [-0.3, -0.25) is 14.6 Å². The molecule has 2 aliphatic rings. The van der Waals surface area contributed by atoms with E-state index in [1.807, 2.05) is 45.9 Å². The molecule has 0 spiro atoms. The number of carboxylic acids is 3. The second-order valence-electron chi connectivity index (χ2n) is 11.5. The van der Waals surface area contributed by atoms with Crippen LogP contribution in [0.5, 0.6) is 0 Å². The van der Waals surface area contributed by atoms with Crippen molar-refractivity contribution in [2.45, 2.75) is 72.1 Å². The molecule has 0 amide bonds. The lowest BCUT2D eigenvalue weighted by Gasteiger charge is -2.17. The molecule has 0 saturated heterocycles. The molecule has 3 aromatic rings. The Morgan fingerprint density at radius 3 is 2.20 bits per heavy atom. The van der Waals surface area contributed by atoms with Crippen molar-refractivity contribution in [3.8, 4) is 0 Å².